The Hall–Kier alpha value is -3.05. The quantitative estimate of drug-likeness (QED) is 0.390. The number of hydroxylamine groups is 1. The molecule has 3 aromatic rings. The molecule has 180 valence electrons. The molecule has 9 nitrogen and oxygen atoms in total. The van der Waals surface area contributed by atoms with E-state index in [1.165, 1.54) is 23.5 Å². The minimum Gasteiger partial charge on any atom is -0.489 e. The average molecular weight is 486 g/mol. The van der Waals surface area contributed by atoms with Crippen LogP contribution < -0.4 is 10.2 Å². The maximum atomic E-state index is 13.2. The van der Waals surface area contributed by atoms with Gasteiger partial charge in [-0.3, -0.25) is 15.0 Å². The van der Waals surface area contributed by atoms with E-state index in [1.807, 2.05) is 37.3 Å². The van der Waals surface area contributed by atoms with Gasteiger partial charge in [0.2, 0.25) is 15.9 Å². The van der Waals surface area contributed by atoms with Crippen molar-refractivity contribution in [2.45, 2.75) is 30.9 Å². The highest BCUT2D eigenvalue weighted by Crippen LogP contribution is 2.27. The number of carbonyl (C=O) groups excluding carboxylic acids is 1. The van der Waals surface area contributed by atoms with Crippen molar-refractivity contribution in [3.8, 4) is 5.75 Å². The van der Waals surface area contributed by atoms with Crippen LogP contribution in [0.4, 0.5) is 0 Å². The Morgan fingerprint density at radius 2 is 1.97 bits per heavy atom. The zero-order chi connectivity index (χ0) is 24.3. The molecule has 0 bridgehead atoms. The van der Waals surface area contributed by atoms with E-state index in [0.717, 1.165) is 22.2 Å². The van der Waals surface area contributed by atoms with Crippen LogP contribution >= 0.6 is 0 Å². The molecule has 0 saturated carbocycles. The van der Waals surface area contributed by atoms with Crippen LogP contribution in [0.5, 0.6) is 5.75 Å². The summed E-state index contributed by atoms with van der Waals surface area (Å²) in [6, 6.07) is 15.4. The number of carbonyl (C=O) groups is 1. The van der Waals surface area contributed by atoms with Crippen molar-refractivity contribution in [2.75, 3.05) is 20.3 Å². The Balaban J connectivity index is 1.49. The highest BCUT2D eigenvalue weighted by molar-refractivity contribution is 7.89. The van der Waals surface area contributed by atoms with Crippen molar-refractivity contribution >= 4 is 26.8 Å². The first kappa shape index (κ1) is 24.1. The van der Waals surface area contributed by atoms with Crippen LogP contribution in [0, 0.1) is 12.8 Å². The number of pyridine rings is 1. The van der Waals surface area contributed by atoms with Crippen molar-refractivity contribution < 1.29 is 27.9 Å². The number of sulfonamides is 1. The summed E-state index contributed by atoms with van der Waals surface area (Å²) in [5.74, 6) is -0.946. The standard InChI is InChI=1S/C24H27N3O6S/c1-16-13-17(20-5-3-4-6-22(20)25-16)14-33-18-7-9-19(10-8-18)34(30,31)27(2)23-11-12-32-15-21(23)24(28)26-29/h3-10,13,21,23,29H,11-12,14-15H2,1-2H3,(H,26,28)/t21-,23+/m0/s1. The SMILES string of the molecule is Cc1cc(COc2ccc(S(=O)(=O)N(C)[C@@H]3CCOC[C@@H]3C(=O)NO)cc2)c2ccccc2n1. The Morgan fingerprint density at radius 1 is 1.24 bits per heavy atom. The van der Waals surface area contributed by atoms with E-state index in [-0.39, 0.29) is 11.5 Å². The number of rotatable bonds is 7. The van der Waals surface area contributed by atoms with Gasteiger partial charge >= 0.3 is 0 Å². The number of nitrogens with one attached hydrogen (secondary N) is 1. The molecule has 2 aromatic carbocycles. The predicted octanol–water partition coefficient (Wildman–Crippen LogP) is 2.65. The Bertz CT molecular complexity index is 1280. The van der Waals surface area contributed by atoms with E-state index in [1.54, 1.807) is 17.6 Å². The maximum Gasteiger partial charge on any atom is 0.250 e. The minimum atomic E-state index is -3.88. The lowest BCUT2D eigenvalue weighted by molar-refractivity contribution is -0.140. The van der Waals surface area contributed by atoms with E-state index in [0.29, 0.717) is 25.4 Å². The second kappa shape index (κ2) is 10.1. The topological polar surface area (TPSA) is 118 Å². The lowest BCUT2D eigenvalue weighted by Gasteiger charge is -2.35. The van der Waals surface area contributed by atoms with Crippen molar-refractivity contribution in [3.63, 3.8) is 0 Å². The van der Waals surface area contributed by atoms with Gasteiger partial charge in [0.1, 0.15) is 12.4 Å². The van der Waals surface area contributed by atoms with Gasteiger partial charge < -0.3 is 9.47 Å². The molecule has 1 aromatic heterocycles. The van der Waals surface area contributed by atoms with E-state index in [9.17, 15) is 13.2 Å². The molecule has 2 atom stereocenters. The van der Waals surface area contributed by atoms with E-state index < -0.39 is 27.9 Å². The molecule has 4 rings (SSSR count). The summed E-state index contributed by atoms with van der Waals surface area (Å²) < 4.78 is 38.8. The summed E-state index contributed by atoms with van der Waals surface area (Å²) in [5.41, 5.74) is 4.38. The zero-order valence-electron chi connectivity index (χ0n) is 19.0. The van der Waals surface area contributed by atoms with E-state index in [4.69, 9.17) is 14.7 Å². The van der Waals surface area contributed by atoms with Gasteiger partial charge in [-0.25, -0.2) is 13.9 Å². The van der Waals surface area contributed by atoms with Gasteiger partial charge in [-0.15, -0.1) is 0 Å². The molecule has 1 saturated heterocycles. The zero-order valence-corrected chi connectivity index (χ0v) is 19.8. The smallest absolute Gasteiger partial charge is 0.250 e. The van der Waals surface area contributed by atoms with Crippen LogP contribution in [0.15, 0.2) is 59.5 Å². The number of ether oxygens (including phenoxy) is 2. The summed E-state index contributed by atoms with van der Waals surface area (Å²) in [6.45, 7) is 2.61. The molecular formula is C24H27N3O6S. The van der Waals surface area contributed by atoms with Crippen LogP contribution in [0.2, 0.25) is 0 Å². The Kier molecular flexibility index (Phi) is 7.13. The summed E-state index contributed by atoms with van der Waals surface area (Å²) in [6.07, 6.45) is 0.342. The molecule has 0 aliphatic carbocycles. The fraction of sp³-hybridized carbons (Fsp3) is 0.333. The molecule has 0 radical (unpaired) electrons. The molecular weight excluding hydrogens is 458 g/mol. The third-order valence-electron chi connectivity index (χ3n) is 6.06. The lowest BCUT2D eigenvalue weighted by atomic mass is 9.95. The van der Waals surface area contributed by atoms with Gasteiger partial charge in [0.05, 0.1) is 22.9 Å². The van der Waals surface area contributed by atoms with Crippen LogP contribution in [0.3, 0.4) is 0 Å². The number of benzene rings is 2. The summed E-state index contributed by atoms with van der Waals surface area (Å²) in [4.78, 5) is 16.6. The number of hydrogen-bond donors (Lipinski definition) is 2. The number of para-hydroxylation sites is 1. The number of aryl methyl sites for hydroxylation is 1. The van der Waals surface area contributed by atoms with Gasteiger partial charge in [-0.1, -0.05) is 18.2 Å². The minimum absolute atomic E-state index is 0.0346. The number of nitrogens with zero attached hydrogens (tertiary/aromatic N) is 2. The second-order valence-corrected chi connectivity index (χ2v) is 10.2. The average Bonchev–Trinajstić information content (AvgIpc) is 2.86. The van der Waals surface area contributed by atoms with Crippen molar-refractivity contribution in [2.24, 2.45) is 5.92 Å². The Morgan fingerprint density at radius 3 is 2.71 bits per heavy atom. The molecule has 0 spiro atoms. The highest BCUT2D eigenvalue weighted by atomic mass is 32.2. The molecule has 0 unspecified atom stereocenters. The molecule has 1 amide bonds. The van der Waals surface area contributed by atoms with Gasteiger partial charge in [-0.2, -0.15) is 4.31 Å². The number of aromatic nitrogens is 1. The first-order valence-electron chi connectivity index (χ1n) is 10.9. The van der Waals surface area contributed by atoms with E-state index in [2.05, 4.69) is 4.98 Å². The van der Waals surface area contributed by atoms with Gasteiger partial charge in [0, 0.05) is 36.3 Å². The molecule has 2 heterocycles. The largest absolute Gasteiger partial charge is 0.489 e. The normalized spacial score (nSPS) is 18.7. The van der Waals surface area contributed by atoms with Crippen molar-refractivity contribution in [1.29, 1.82) is 0 Å². The summed E-state index contributed by atoms with van der Waals surface area (Å²) in [7, 11) is -2.44. The van der Waals surface area contributed by atoms with Crippen LogP contribution in [-0.4, -0.2) is 55.1 Å². The molecule has 2 N–H and O–H groups in total. The maximum absolute atomic E-state index is 13.2. The predicted molar refractivity (Wildman–Crippen MR) is 125 cm³/mol. The first-order valence-corrected chi connectivity index (χ1v) is 12.3. The molecule has 1 aliphatic heterocycles. The van der Waals surface area contributed by atoms with Crippen LogP contribution in [-0.2, 0) is 26.2 Å². The van der Waals surface area contributed by atoms with Gasteiger partial charge in [-0.05, 0) is 49.7 Å². The molecule has 1 fully saturated rings. The first-order chi connectivity index (χ1) is 16.3. The lowest BCUT2D eigenvalue weighted by Crippen LogP contribution is -2.51. The summed E-state index contributed by atoms with van der Waals surface area (Å²) in [5, 5.41) is 10.0. The van der Waals surface area contributed by atoms with Gasteiger partial charge in [0.15, 0.2) is 0 Å². The van der Waals surface area contributed by atoms with Crippen LogP contribution in [0.1, 0.15) is 17.7 Å². The molecule has 10 heteroatoms. The monoisotopic (exact) mass is 485 g/mol. The third-order valence-corrected chi connectivity index (χ3v) is 7.96. The van der Waals surface area contributed by atoms with E-state index >= 15 is 0 Å². The van der Waals surface area contributed by atoms with Crippen molar-refractivity contribution in [1.82, 2.24) is 14.8 Å². The second-order valence-electron chi connectivity index (χ2n) is 8.23. The fourth-order valence-corrected chi connectivity index (χ4v) is 5.64. The number of hydrogen-bond acceptors (Lipinski definition) is 7. The number of amides is 1. The third kappa shape index (κ3) is 4.90. The molecule has 34 heavy (non-hydrogen) atoms. The molecule has 1 aliphatic rings. The Labute approximate surface area is 198 Å². The number of fused-ring (bicyclic) bond motifs is 1. The van der Waals surface area contributed by atoms with Crippen LogP contribution in [0.25, 0.3) is 10.9 Å². The van der Waals surface area contributed by atoms with Crippen molar-refractivity contribution in [3.05, 3.63) is 65.9 Å². The fourth-order valence-electron chi connectivity index (χ4n) is 4.22. The summed E-state index contributed by atoms with van der Waals surface area (Å²) >= 11 is 0. The highest BCUT2D eigenvalue weighted by Gasteiger charge is 2.39. The van der Waals surface area contributed by atoms with Gasteiger partial charge in [0.25, 0.3) is 0 Å².